The van der Waals surface area contributed by atoms with Gasteiger partial charge in [0.1, 0.15) is 11.6 Å². The summed E-state index contributed by atoms with van der Waals surface area (Å²) in [5.74, 6) is 2.01. The molecule has 0 saturated heterocycles. The van der Waals surface area contributed by atoms with Gasteiger partial charge >= 0.3 is 0 Å². The lowest BCUT2D eigenvalue weighted by Crippen LogP contribution is -2.15. The van der Waals surface area contributed by atoms with Crippen LogP contribution in [0.4, 0.5) is 5.82 Å². The molecule has 0 aliphatic heterocycles. The molecule has 2 aromatic heterocycles. The summed E-state index contributed by atoms with van der Waals surface area (Å²) in [6, 6.07) is 12.5. The number of fused-ring (bicyclic) bond motifs is 1. The van der Waals surface area contributed by atoms with Crippen LogP contribution in [-0.2, 0) is 0 Å². The molecule has 0 aliphatic carbocycles. The molecule has 0 bridgehead atoms. The monoisotopic (exact) mass is 424 g/mol. The molecule has 4 aromatic rings. The Bertz CT molecular complexity index is 1230. The molecule has 9 heteroatoms. The second kappa shape index (κ2) is 8.03. The summed E-state index contributed by atoms with van der Waals surface area (Å²) >= 11 is 1.48. The fourth-order valence-electron chi connectivity index (χ4n) is 3.01. The number of benzene rings is 2. The molecule has 0 fully saturated rings. The third kappa shape index (κ3) is 3.67. The van der Waals surface area contributed by atoms with E-state index in [9.17, 15) is 4.79 Å². The number of hydrogen-bond acceptors (Lipinski definition) is 7. The van der Waals surface area contributed by atoms with Gasteiger partial charge < -0.3 is 19.5 Å². The first-order chi connectivity index (χ1) is 14.5. The smallest absolute Gasteiger partial charge is 0.256 e. The Hall–Kier alpha value is -3.59. The lowest BCUT2D eigenvalue weighted by Gasteiger charge is -2.10. The van der Waals surface area contributed by atoms with Crippen molar-refractivity contribution in [3.63, 3.8) is 0 Å². The van der Waals surface area contributed by atoms with Crippen LogP contribution in [0.3, 0.4) is 0 Å². The van der Waals surface area contributed by atoms with Crippen molar-refractivity contribution in [1.29, 1.82) is 0 Å². The molecule has 2 heterocycles. The summed E-state index contributed by atoms with van der Waals surface area (Å²) in [7, 11) is 4.69. The highest BCUT2D eigenvalue weighted by Crippen LogP contribution is 2.31. The molecule has 4 rings (SSSR count). The summed E-state index contributed by atoms with van der Waals surface area (Å²) in [6.07, 6.45) is 0. The first-order valence-electron chi connectivity index (χ1n) is 9.07. The van der Waals surface area contributed by atoms with Crippen LogP contribution in [0.1, 0.15) is 16.1 Å². The van der Waals surface area contributed by atoms with E-state index in [4.69, 9.17) is 14.2 Å². The van der Waals surface area contributed by atoms with Gasteiger partial charge in [-0.05, 0) is 37.3 Å². The fraction of sp³-hybridized carbons (Fsp3) is 0.190. The minimum Gasteiger partial charge on any atom is -0.497 e. The number of rotatable bonds is 6. The number of carbonyl (C=O) groups excluding carboxylic acids is 1. The molecule has 0 unspecified atom stereocenters. The van der Waals surface area contributed by atoms with Crippen molar-refractivity contribution < 1.29 is 19.0 Å². The second-order valence-electron chi connectivity index (χ2n) is 6.44. The van der Waals surface area contributed by atoms with Crippen LogP contribution in [0.5, 0.6) is 17.2 Å². The van der Waals surface area contributed by atoms with Crippen molar-refractivity contribution in [3.8, 4) is 22.4 Å². The Balaban J connectivity index is 1.66. The molecule has 0 spiro atoms. The highest BCUT2D eigenvalue weighted by molar-refractivity contribution is 7.20. The molecular formula is C21H20N4O4S. The maximum absolute atomic E-state index is 12.8. The van der Waals surface area contributed by atoms with Crippen LogP contribution >= 0.6 is 11.3 Å². The number of hydrogen-bond donors (Lipinski definition) is 1. The summed E-state index contributed by atoms with van der Waals surface area (Å²) in [5, 5.41) is 8.06. The van der Waals surface area contributed by atoms with E-state index in [1.807, 2.05) is 25.1 Å². The van der Waals surface area contributed by atoms with Crippen LogP contribution in [0, 0.1) is 6.92 Å². The number of anilines is 1. The van der Waals surface area contributed by atoms with Crippen LogP contribution in [0.15, 0.2) is 42.5 Å². The minimum atomic E-state index is -0.292. The summed E-state index contributed by atoms with van der Waals surface area (Å²) in [5.41, 5.74) is 2.00. The van der Waals surface area contributed by atoms with Gasteiger partial charge in [-0.3, -0.25) is 4.79 Å². The molecule has 8 nitrogen and oxygen atoms in total. The van der Waals surface area contributed by atoms with E-state index in [0.29, 0.717) is 28.0 Å². The number of ether oxygens (including phenoxy) is 3. The molecule has 0 atom stereocenters. The van der Waals surface area contributed by atoms with E-state index in [1.165, 1.54) is 18.4 Å². The Morgan fingerprint density at radius 3 is 2.53 bits per heavy atom. The number of methoxy groups -OCH3 is 3. The van der Waals surface area contributed by atoms with E-state index in [-0.39, 0.29) is 5.91 Å². The van der Waals surface area contributed by atoms with Crippen LogP contribution < -0.4 is 19.5 Å². The Morgan fingerprint density at radius 2 is 1.80 bits per heavy atom. The molecule has 0 radical (unpaired) electrons. The highest BCUT2D eigenvalue weighted by Gasteiger charge is 2.17. The van der Waals surface area contributed by atoms with E-state index in [0.717, 1.165) is 21.7 Å². The quantitative estimate of drug-likeness (QED) is 0.502. The van der Waals surface area contributed by atoms with Gasteiger partial charge in [0, 0.05) is 17.7 Å². The average molecular weight is 424 g/mol. The standard InChI is InChI=1S/C21H20N4O4S/c1-12-9-19(23-20(26)13-5-7-16(28-3)17(10-13)29-4)25(24-12)21-22-15-11-14(27-2)6-8-18(15)30-21/h5-11H,1-4H3,(H,23,26). The van der Waals surface area contributed by atoms with Gasteiger partial charge in [-0.2, -0.15) is 9.78 Å². The zero-order valence-electron chi connectivity index (χ0n) is 16.9. The number of carbonyl (C=O) groups is 1. The van der Waals surface area contributed by atoms with Gasteiger partial charge in [0.15, 0.2) is 11.5 Å². The van der Waals surface area contributed by atoms with Crippen molar-refractivity contribution in [3.05, 3.63) is 53.7 Å². The SMILES string of the molecule is COc1ccc2sc(-n3nc(C)cc3NC(=O)c3ccc(OC)c(OC)c3)nc2c1. The molecule has 30 heavy (non-hydrogen) atoms. The number of nitrogens with one attached hydrogen (secondary N) is 1. The van der Waals surface area contributed by atoms with Gasteiger partial charge in [0.2, 0.25) is 5.13 Å². The predicted molar refractivity (Wildman–Crippen MR) is 116 cm³/mol. The Morgan fingerprint density at radius 1 is 1.00 bits per heavy atom. The largest absolute Gasteiger partial charge is 0.497 e. The summed E-state index contributed by atoms with van der Waals surface area (Å²) < 4.78 is 18.4. The molecule has 0 aliphatic rings. The molecule has 1 N–H and O–H groups in total. The van der Waals surface area contributed by atoms with Crippen LogP contribution in [-0.4, -0.2) is 42.0 Å². The lowest BCUT2D eigenvalue weighted by atomic mass is 10.2. The summed E-state index contributed by atoms with van der Waals surface area (Å²) in [6.45, 7) is 1.86. The van der Waals surface area contributed by atoms with E-state index in [2.05, 4.69) is 15.4 Å². The average Bonchev–Trinajstić information content (AvgIpc) is 3.35. The van der Waals surface area contributed by atoms with Crippen LogP contribution in [0.25, 0.3) is 15.3 Å². The van der Waals surface area contributed by atoms with Crippen molar-refractivity contribution in [2.75, 3.05) is 26.6 Å². The fourth-order valence-corrected chi connectivity index (χ4v) is 3.92. The van der Waals surface area contributed by atoms with E-state index < -0.39 is 0 Å². The first kappa shape index (κ1) is 19.7. The predicted octanol–water partition coefficient (Wildman–Crippen LogP) is 4.07. The van der Waals surface area contributed by atoms with Gasteiger partial charge in [-0.15, -0.1) is 0 Å². The topological polar surface area (TPSA) is 87.5 Å². The second-order valence-corrected chi connectivity index (χ2v) is 7.45. The number of amides is 1. The molecular weight excluding hydrogens is 404 g/mol. The first-order valence-corrected chi connectivity index (χ1v) is 9.89. The van der Waals surface area contributed by atoms with E-state index in [1.54, 1.807) is 43.2 Å². The van der Waals surface area contributed by atoms with E-state index >= 15 is 0 Å². The van der Waals surface area contributed by atoms with Gasteiger partial charge in [-0.25, -0.2) is 4.98 Å². The van der Waals surface area contributed by atoms with Crippen molar-refractivity contribution in [1.82, 2.24) is 14.8 Å². The number of nitrogens with zero attached hydrogens (tertiary/aromatic N) is 3. The normalized spacial score (nSPS) is 10.8. The van der Waals surface area contributed by atoms with Crippen molar-refractivity contribution in [2.24, 2.45) is 0 Å². The Kier molecular flexibility index (Phi) is 5.28. The van der Waals surface area contributed by atoms with Crippen LogP contribution in [0.2, 0.25) is 0 Å². The molecule has 2 aromatic carbocycles. The zero-order chi connectivity index (χ0) is 21.3. The van der Waals surface area contributed by atoms with Crippen molar-refractivity contribution in [2.45, 2.75) is 6.92 Å². The minimum absolute atomic E-state index is 0.292. The summed E-state index contributed by atoms with van der Waals surface area (Å²) in [4.78, 5) is 17.5. The molecule has 154 valence electrons. The zero-order valence-corrected chi connectivity index (χ0v) is 17.7. The number of aromatic nitrogens is 3. The van der Waals surface area contributed by atoms with Crippen molar-refractivity contribution >= 4 is 33.3 Å². The maximum atomic E-state index is 12.8. The maximum Gasteiger partial charge on any atom is 0.256 e. The third-order valence-corrected chi connectivity index (χ3v) is 5.50. The number of thiazole rings is 1. The number of aryl methyl sites for hydroxylation is 1. The third-order valence-electron chi connectivity index (χ3n) is 4.48. The molecule has 0 saturated carbocycles. The van der Waals surface area contributed by atoms with Gasteiger partial charge in [-0.1, -0.05) is 11.3 Å². The lowest BCUT2D eigenvalue weighted by molar-refractivity contribution is 0.102. The molecule has 1 amide bonds. The Labute approximate surface area is 177 Å². The van der Waals surface area contributed by atoms with Gasteiger partial charge in [0.05, 0.1) is 37.2 Å². The highest BCUT2D eigenvalue weighted by atomic mass is 32.1. The van der Waals surface area contributed by atoms with Gasteiger partial charge in [0.25, 0.3) is 5.91 Å².